The van der Waals surface area contributed by atoms with Crippen LogP contribution >= 0.6 is 11.5 Å². The molecule has 0 saturated heterocycles. The summed E-state index contributed by atoms with van der Waals surface area (Å²) < 4.78 is 9.93. The zero-order valence-electron chi connectivity index (χ0n) is 4.00. The van der Waals surface area contributed by atoms with Crippen molar-refractivity contribution in [2.24, 2.45) is 0 Å². The molecule has 0 N–H and O–H groups in total. The van der Waals surface area contributed by atoms with E-state index in [2.05, 4.69) is 4.37 Å². The summed E-state index contributed by atoms with van der Waals surface area (Å²) in [4.78, 5) is 0. The van der Waals surface area contributed by atoms with Gasteiger partial charge in [0.25, 0.3) is 0 Å². The average Bonchev–Trinajstić information content (AvgIpc) is 2.15. The highest BCUT2D eigenvalue weighted by Gasteiger charge is 1.93. The predicted molar refractivity (Wildman–Crippen MR) is 31.9 cm³/mol. The van der Waals surface area contributed by atoms with E-state index in [0.29, 0.717) is 0 Å². The minimum atomic E-state index is 1.09. The standard InChI is InChI=1S/C5H3NOS/c1-4-2-7-3-5(4)8-6-1/h1-3H. The number of hydrogen-bond donors (Lipinski definition) is 0. The molecule has 0 amide bonds. The molecule has 2 nitrogen and oxygen atoms in total. The van der Waals surface area contributed by atoms with Crippen LogP contribution in [0.25, 0.3) is 10.1 Å². The first-order valence-electron chi connectivity index (χ1n) is 2.23. The molecule has 0 aliphatic heterocycles. The first-order chi connectivity index (χ1) is 3.97. The van der Waals surface area contributed by atoms with E-state index in [-0.39, 0.29) is 0 Å². The molecule has 0 aliphatic carbocycles. The van der Waals surface area contributed by atoms with Gasteiger partial charge in [0, 0.05) is 0 Å². The van der Waals surface area contributed by atoms with Crippen LogP contribution in [0.1, 0.15) is 0 Å². The summed E-state index contributed by atoms with van der Waals surface area (Å²) in [5, 5.41) is 1.09. The van der Waals surface area contributed by atoms with Gasteiger partial charge in [0.1, 0.15) is 12.5 Å². The fraction of sp³-hybridized carbons (Fsp3) is 0. The molecule has 2 aromatic rings. The molecule has 0 atom stereocenters. The fourth-order valence-electron chi connectivity index (χ4n) is 0.603. The van der Waals surface area contributed by atoms with Crippen LogP contribution in [0.5, 0.6) is 0 Å². The van der Waals surface area contributed by atoms with E-state index in [1.165, 1.54) is 11.5 Å². The van der Waals surface area contributed by atoms with Crippen LogP contribution in [-0.4, -0.2) is 4.37 Å². The van der Waals surface area contributed by atoms with Gasteiger partial charge in [0.05, 0.1) is 16.3 Å². The first kappa shape index (κ1) is 4.09. The molecule has 8 heavy (non-hydrogen) atoms. The van der Waals surface area contributed by atoms with Crippen molar-refractivity contribution in [1.29, 1.82) is 0 Å². The Morgan fingerprint density at radius 3 is 3.38 bits per heavy atom. The second-order valence-electron chi connectivity index (χ2n) is 1.52. The summed E-state index contributed by atoms with van der Waals surface area (Å²) >= 11 is 1.45. The van der Waals surface area contributed by atoms with E-state index < -0.39 is 0 Å². The first-order valence-corrected chi connectivity index (χ1v) is 3.01. The third-order valence-electron chi connectivity index (χ3n) is 0.997. The van der Waals surface area contributed by atoms with Crippen LogP contribution in [-0.2, 0) is 0 Å². The van der Waals surface area contributed by atoms with E-state index in [1.54, 1.807) is 18.7 Å². The quantitative estimate of drug-likeness (QED) is 0.537. The number of nitrogens with zero attached hydrogens (tertiary/aromatic N) is 1. The predicted octanol–water partition coefficient (Wildman–Crippen LogP) is 1.89. The van der Waals surface area contributed by atoms with Crippen LogP contribution in [0, 0.1) is 0 Å². The molecule has 40 valence electrons. The summed E-state index contributed by atoms with van der Waals surface area (Å²) in [6.45, 7) is 0. The smallest absolute Gasteiger partial charge is 0.110 e. The monoisotopic (exact) mass is 125 g/mol. The molecule has 0 aliphatic rings. The van der Waals surface area contributed by atoms with Crippen molar-refractivity contribution in [3.05, 3.63) is 18.7 Å². The van der Waals surface area contributed by atoms with Gasteiger partial charge in [0.2, 0.25) is 0 Å². The van der Waals surface area contributed by atoms with Crippen molar-refractivity contribution in [3.8, 4) is 0 Å². The lowest BCUT2D eigenvalue weighted by Crippen LogP contribution is -1.41. The normalized spacial score (nSPS) is 10.5. The summed E-state index contributed by atoms with van der Waals surface area (Å²) in [7, 11) is 0. The van der Waals surface area contributed by atoms with Gasteiger partial charge in [-0.1, -0.05) is 0 Å². The van der Waals surface area contributed by atoms with Crippen LogP contribution in [0.4, 0.5) is 0 Å². The molecule has 2 aromatic heterocycles. The molecule has 0 bridgehead atoms. The van der Waals surface area contributed by atoms with Crippen molar-refractivity contribution >= 4 is 21.6 Å². The van der Waals surface area contributed by atoms with E-state index >= 15 is 0 Å². The molecular weight excluding hydrogens is 122 g/mol. The topological polar surface area (TPSA) is 26.0 Å². The third-order valence-corrected chi connectivity index (χ3v) is 1.74. The SMILES string of the molecule is c1nsc2cocc12. The Balaban J connectivity index is 3.06. The van der Waals surface area contributed by atoms with Crippen LogP contribution < -0.4 is 0 Å². The lowest BCUT2D eigenvalue weighted by atomic mass is 10.5. The van der Waals surface area contributed by atoms with Crippen molar-refractivity contribution in [3.63, 3.8) is 0 Å². The molecule has 0 unspecified atom stereocenters. The summed E-state index contributed by atoms with van der Waals surface area (Å²) in [6.07, 6.45) is 5.19. The second-order valence-corrected chi connectivity index (χ2v) is 2.35. The number of aromatic nitrogens is 1. The van der Waals surface area contributed by atoms with Crippen molar-refractivity contribution in [1.82, 2.24) is 4.37 Å². The van der Waals surface area contributed by atoms with E-state index in [0.717, 1.165) is 10.1 Å². The Kier molecular flexibility index (Phi) is 0.676. The van der Waals surface area contributed by atoms with Crippen molar-refractivity contribution in [2.45, 2.75) is 0 Å². The molecule has 0 saturated carbocycles. The zero-order valence-corrected chi connectivity index (χ0v) is 4.81. The van der Waals surface area contributed by atoms with Gasteiger partial charge in [-0.3, -0.25) is 0 Å². The number of furan rings is 1. The molecule has 2 rings (SSSR count). The second kappa shape index (κ2) is 1.32. The summed E-state index contributed by atoms with van der Waals surface area (Å²) in [5.41, 5.74) is 0. The van der Waals surface area contributed by atoms with Gasteiger partial charge in [0.15, 0.2) is 0 Å². The van der Waals surface area contributed by atoms with Gasteiger partial charge < -0.3 is 4.42 Å². The van der Waals surface area contributed by atoms with Crippen LogP contribution in [0.3, 0.4) is 0 Å². The molecule has 0 spiro atoms. The van der Waals surface area contributed by atoms with E-state index in [9.17, 15) is 0 Å². The molecule has 0 fully saturated rings. The minimum absolute atomic E-state index is 1.09. The molecular formula is C5H3NOS. The number of rotatable bonds is 0. The Morgan fingerprint density at radius 2 is 2.50 bits per heavy atom. The van der Waals surface area contributed by atoms with E-state index in [4.69, 9.17) is 4.42 Å². The zero-order chi connectivity index (χ0) is 5.40. The Morgan fingerprint density at radius 1 is 1.50 bits per heavy atom. The highest BCUT2D eigenvalue weighted by molar-refractivity contribution is 7.13. The van der Waals surface area contributed by atoms with Gasteiger partial charge in [-0.05, 0) is 11.5 Å². The molecule has 0 radical (unpaired) electrons. The fourth-order valence-corrected chi connectivity index (χ4v) is 1.19. The molecule has 3 heteroatoms. The van der Waals surface area contributed by atoms with Crippen molar-refractivity contribution < 1.29 is 4.42 Å². The van der Waals surface area contributed by atoms with Gasteiger partial charge in [-0.15, -0.1) is 0 Å². The Labute approximate surface area is 49.9 Å². The Bertz CT molecular complexity index is 234. The van der Waals surface area contributed by atoms with Crippen LogP contribution in [0.2, 0.25) is 0 Å². The average molecular weight is 125 g/mol. The maximum Gasteiger partial charge on any atom is 0.110 e. The summed E-state index contributed by atoms with van der Waals surface area (Å²) in [5.74, 6) is 0. The van der Waals surface area contributed by atoms with Crippen molar-refractivity contribution in [2.75, 3.05) is 0 Å². The highest BCUT2D eigenvalue weighted by atomic mass is 32.1. The molecule has 2 heterocycles. The van der Waals surface area contributed by atoms with Gasteiger partial charge >= 0.3 is 0 Å². The maximum absolute atomic E-state index is 4.88. The van der Waals surface area contributed by atoms with Crippen LogP contribution in [0.15, 0.2) is 23.1 Å². The van der Waals surface area contributed by atoms with E-state index in [1.807, 2.05) is 0 Å². The van der Waals surface area contributed by atoms with Gasteiger partial charge in [-0.2, -0.15) is 4.37 Å². The number of fused-ring (bicyclic) bond motifs is 1. The third kappa shape index (κ3) is 0.391. The Hall–Kier alpha value is -0.830. The summed E-state index contributed by atoms with van der Waals surface area (Å²) in [6, 6.07) is 0. The largest absolute Gasteiger partial charge is 0.470 e. The lowest BCUT2D eigenvalue weighted by molar-refractivity contribution is 0.572. The maximum atomic E-state index is 4.88. The van der Waals surface area contributed by atoms with Gasteiger partial charge in [-0.25, -0.2) is 0 Å². The minimum Gasteiger partial charge on any atom is -0.470 e. The lowest BCUT2D eigenvalue weighted by Gasteiger charge is -1.58. The number of hydrogen-bond acceptors (Lipinski definition) is 3. The highest BCUT2D eigenvalue weighted by Crippen LogP contribution is 2.17. The molecule has 0 aromatic carbocycles.